The SMILES string of the molecule is Nc1ccc(NC(=O)COc2ccccc2)cc1Cl. The third-order valence-corrected chi connectivity index (χ3v) is 2.72. The van der Waals surface area contributed by atoms with Gasteiger partial charge in [-0.15, -0.1) is 0 Å². The number of rotatable bonds is 4. The molecule has 2 aromatic rings. The highest BCUT2D eigenvalue weighted by atomic mass is 35.5. The average Bonchev–Trinajstić information content (AvgIpc) is 2.42. The Morgan fingerprint density at radius 1 is 1.21 bits per heavy atom. The van der Waals surface area contributed by atoms with E-state index in [4.69, 9.17) is 22.1 Å². The lowest BCUT2D eigenvalue weighted by molar-refractivity contribution is -0.118. The molecule has 2 aromatic carbocycles. The fraction of sp³-hybridized carbons (Fsp3) is 0.0714. The molecule has 0 saturated carbocycles. The molecular formula is C14H13ClN2O2. The molecule has 0 spiro atoms. The lowest BCUT2D eigenvalue weighted by Crippen LogP contribution is -2.20. The minimum atomic E-state index is -0.260. The van der Waals surface area contributed by atoms with Crippen LogP contribution in [0.2, 0.25) is 5.02 Å². The van der Waals surface area contributed by atoms with Crippen molar-refractivity contribution in [2.75, 3.05) is 17.7 Å². The first-order valence-electron chi connectivity index (χ1n) is 5.68. The summed E-state index contributed by atoms with van der Waals surface area (Å²) in [4.78, 5) is 11.7. The molecule has 0 bridgehead atoms. The van der Waals surface area contributed by atoms with E-state index in [1.54, 1.807) is 30.3 Å². The van der Waals surface area contributed by atoms with E-state index in [1.165, 1.54) is 0 Å². The number of para-hydroxylation sites is 1. The van der Waals surface area contributed by atoms with E-state index in [0.717, 1.165) is 0 Å². The van der Waals surface area contributed by atoms with Gasteiger partial charge in [0.25, 0.3) is 5.91 Å². The highest BCUT2D eigenvalue weighted by Crippen LogP contribution is 2.22. The quantitative estimate of drug-likeness (QED) is 0.844. The van der Waals surface area contributed by atoms with E-state index < -0.39 is 0 Å². The van der Waals surface area contributed by atoms with Gasteiger partial charge >= 0.3 is 0 Å². The second-order valence-corrected chi connectivity index (χ2v) is 4.29. The van der Waals surface area contributed by atoms with Crippen LogP contribution in [0.5, 0.6) is 5.75 Å². The lowest BCUT2D eigenvalue weighted by Gasteiger charge is -2.08. The zero-order valence-electron chi connectivity index (χ0n) is 10.1. The Labute approximate surface area is 116 Å². The Bertz CT molecular complexity index is 573. The summed E-state index contributed by atoms with van der Waals surface area (Å²) >= 11 is 5.86. The van der Waals surface area contributed by atoms with Crippen molar-refractivity contribution < 1.29 is 9.53 Å². The van der Waals surface area contributed by atoms with Crippen LogP contribution in [-0.2, 0) is 4.79 Å². The first kappa shape index (κ1) is 13.2. The second kappa shape index (κ2) is 6.11. The van der Waals surface area contributed by atoms with E-state index in [-0.39, 0.29) is 12.5 Å². The number of ether oxygens (including phenoxy) is 1. The number of nitrogens with two attached hydrogens (primary N) is 1. The van der Waals surface area contributed by atoms with Gasteiger partial charge < -0.3 is 15.8 Å². The molecule has 1 amide bonds. The predicted octanol–water partition coefficient (Wildman–Crippen LogP) is 2.94. The fourth-order valence-corrected chi connectivity index (χ4v) is 1.65. The van der Waals surface area contributed by atoms with Gasteiger partial charge in [-0.1, -0.05) is 29.8 Å². The van der Waals surface area contributed by atoms with Crippen molar-refractivity contribution in [1.82, 2.24) is 0 Å². The molecule has 0 heterocycles. The van der Waals surface area contributed by atoms with Crippen LogP contribution in [-0.4, -0.2) is 12.5 Å². The summed E-state index contributed by atoms with van der Waals surface area (Å²) in [5.41, 5.74) is 6.64. The minimum Gasteiger partial charge on any atom is -0.484 e. The minimum absolute atomic E-state index is 0.0635. The Balaban J connectivity index is 1.89. The maximum atomic E-state index is 11.7. The van der Waals surface area contributed by atoms with E-state index in [9.17, 15) is 4.79 Å². The summed E-state index contributed by atoms with van der Waals surface area (Å²) < 4.78 is 5.32. The smallest absolute Gasteiger partial charge is 0.262 e. The van der Waals surface area contributed by atoms with Crippen molar-refractivity contribution in [2.45, 2.75) is 0 Å². The average molecular weight is 277 g/mol. The number of nitrogens with one attached hydrogen (secondary N) is 1. The van der Waals surface area contributed by atoms with Crippen molar-refractivity contribution in [3.8, 4) is 5.75 Å². The fourth-order valence-electron chi connectivity index (χ4n) is 1.47. The molecule has 0 aliphatic carbocycles. The topological polar surface area (TPSA) is 64.3 Å². The summed E-state index contributed by atoms with van der Waals surface area (Å²) in [7, 11) is 0. The van der Waals surface area contributed by atoms with Crippen LogP contribution in [0.1, 0.15) is 0 Å². The maximum absolute atomic E-state index is 11.7. The molecule has 0 aromatic heterocycles. The van der Waals surface area contributed by atoms with Crippen LogP contribution in [0.15, 0.2) is 48.5 Å². The zero-order chi connectivity index (χ0) is 13.7. The van der Waals surface area contributed by atoms with Gasteiger partial charge in [-0.3, -0.25) is 4.79 Å². The van der Waals surface area contributed by atoms with Crippen LogP contribution < -0.4 is 15.8 Å². The molecule has 2 rings (SSSR count). The predicted molar refractivity (Wildman–Crippen MR) is 76.4 cm³/mol. The van der Waals surface area contributed by atoms with Crippen molar-refractivity contribution in [2.24, 2.45) is 0 Å². The number of hydrogen-bond acceptors (Lipinski definition) is 3. The van der Waals surface area contributed by atoms with Crippen LogP contribution >= 0.6 is 11.6 Å². The number of benzene rings is 2. The number of nitrogen functional groups attached to an aromatic ring is 1. The molecule has 3 N–H and O–H groups in total. The van der Waals surface area contributed by atoms with Crippen molar-refractivity contribution in [1.29, 1.82) is 0 Å². The molecule has 0 atom stereocenters. The number of carbonyl (C=O) groups excluding carboxylic acids is 1. The standard InChI is InChI=1S/C14H13ClN2O2/c15-12-8-10(6-7-13(12)16)17-14(18)9-19-11-4-2-1-3-5-11/h1-8H,9,16H2,(H,17,18). The summed E-state index contributed by atoms with van der Waals surface area (Å²) in [5, 5.41) is 3.08. The molecule has 19 heavy (non-hydrogen) atoms. The highest BCUT2D eigenvalue weighted by Gasteiger charge is 2.05. The Hall–Kier alpha value is -2.20. The summed E-state index contributed by atoms with van der Waals surface area (Å²) in [5.74, 6) is 0.387. The van der Waals surface area contributed by atoms with Gasteiger partial charge in [0.15, 0.2) is 6.61 Å². The summed E-state index contributed by atoms with van der Waals surface area (Å²) in [6, 6.07) is 14.0. The van der Waals surface area contributed by atoms with Crippen LogP contribution in [0.25, 0.3) is 0 Å². The zero-order valence-corrected chi connectivity index (χ0v) is 10.9. The normalized spacial score (nSPS) is 9.95. The van der Waals surface area contributed by atoms with Gasteiger partial charge in [0.1, 0.15) is 5.75 Å². The van der Waals surface area contributed by atoms with Gasteiger partial charge in [-0.05, 0) is 30.3 Å². The summed E-state index contributed by atoms with van der Waals surface area (Å²) in [6.07, 6.45) is 0. The van der Waals surface area contributed by atoms with Crippen LogP contribution in [0.4, 0.5) is 11.4 Å². The lowest BCUT2D eigenvalue weighted by atomic mass is 10.3. The van der Waals surface area contributed by atoms with E-state index >= 15 is 0 Å². The number of carbonyl (C=O) groups is 1. The molecule has 0 saturated heterocycles. The Morgan fingerprint density at radius 2 is 1.95 bits per heavy atom. The van der Waals surface area contributed by atoms with E-state index in [1.807, 2.05) is 18.2 Å². The molecule has 0 aliphatic rings. The molecule has 5 heteroatoms. The molecule has 4 nitrogen and oxygen atoms in total. The van der Waals surface area contributed by atoms with Gasteiger partial charge in [0.2, 0.25) is 0 Å². The number of amides is 1. The van der Waals surface area contributed by atoms with Crippen molar-refractivity contribution in [3.05, 3.63) is 53.6 Å². The molecule has 98 valence electrons. The molecular weight excluding hydrogens is 264 g/mol. The first-order valence-corrected chi connectivity index (χ1v) is 6.05. The molecule has 0 aliphatic heterocycles. The Kier molecular flexibility index (Phi) is 4.26. The van der Waals surface area contributed by atoms with Crippen LogP contribution in [0.3, 0.4) is 0 Å². The third-order valence-electron chi connectivity index (χ3n) is 2.40. The van der Waals surface area contributed by atoms with Gasteiger partial charge in [-0.2, -0.15) is 0 Å². The maximum Gasteiger partial charge on any atom is 0.262 e. The van der Waals surface area contributed by atoms with E-state index in [0.29, 0.717) is 22.1 Å². The molecule has 0 fully saturated rings. The Morgan fingerprint density at radius 3 is 2.63 bits per heavy atom. The summed E-state index contributed by atoms with van der Waals surface area (Å²) in [6.45, 7) is -0.0635. The molecule has 0 radical (unpaired) electrons. The van der Waals surface area contributed by atoms with Crippen molar-refractivity contribution in [3.63, 3.8) is 0 Å². The van der Waals surface area contributed by atoms with E-state index in [2.05, 4.69) is 5.32 Å². The number of halogens is 1. The van der Waals surface area contributed by atoms with Gasteiger partial charge in [0, 0.05) is 5.69 Å². The molecule has 0 unspecified atom stereocenters. The highest BCUT2D eigenvalue weighted by molar-refractivity contribution is 6.33. The largest absolute Gasteiger partial charge is 0.484 e. The van der Waals surface area contributed by atoms with Gasteiger partial charge in [-0.25, -0.2) is 0 Å². The monoisotopic (exact) mass is 276 g/mol. The number of hydrogen-bond donors (Lipinski definition) is 2. The van der Waals surface area contributed by atoms with Crippen LogP contribution in [0, 0.1) is 0 Å². The first-order chi connectivity index (χ1) is 9.15. The van der Waals surface area contributed by atoms with Gasteiger partial charge in [0.05, 0.1) is 10.7 Å². The third kappa shape index (κ3) is 3.89. The second-order valence-electron chi connectivity index (χ2n) is 3.89. The van der Waals surface area contributed by atoms with Crippen molar-refractivity contribution >= 4 is 28.9 Å². The number of anilines is 2.